The first-order chi connectivity index (χ1) is 9.16. The lowest BCUT2D eigenvalue weighted by Gasteiger charge is -2.31. The predicted octanol–water partition coefficient (Wildman–Crippen LogP) is 2.92. The molecule has 4 heteroatoms. The molecular formula is C15H23ClN2O. The molecule has 1 N–H and O–H groups in total. The first kappa shape index (κ1) is 14.6. The van der Waals surface area contributed by atoms with Crippen LogP contribution in [0.15, 0.2) is 18.2 Å². The second kappa shape index (κ2) is 7.13. The van der Waals surface area contributed by atoms with E-state index >= 15 is 0 Å². The van der Waals surface area contributed by atoms with Crippen molar-refractivity contribution in [2.45, 2.75) is 20.4 Å². The summed E-state index contributed by atoms with van der Waals surface area (Å²) in [7, 11) is 0. The van der Waals surface area contributed by atoms with E-state index in [0.29, 0.717) is 5.92 Å². The number of rotatable bonds is 5. The van der Waals surface area contributed by atoms with Crippen molar-refractivity contribution in [2.24, 2.45) is 5.92 Å². The smallest absolute Gasteiger partial charge is 0.0642 e. The zero-order valence-electron chi connectivity index (χ0n) is 11.8. The van der Waals surface area contributed by atoms with Gasteiger partial charge in [0.05, 0.1) is 13.2 Å². The van der Waals surface area contributed by atoms with E-state index in [1.165, 1.54) is 11.3 Å². The van der Waals surface area contributed by atoms with Crippen molar-refractivity contribution in [1.82, 2.24) is 5.32 Å². The van der Waals surface area contributed by atoms with Crippen LogP contribution in [0.1, 0.15) is 19.4 Å². The summed E-state index contributed by atoms with van der Waals surface area (Å²) in [5, 5.41) is 4.30. The monoisotopic (exact) mass is 282 g/mol. The highest BCUT2D eigenvalue weighted by Gasteiger charge is 2.15. The van der Waals surface area contributed by atoms with E-state index in [1.54, 1.807) is 0 Å². The molecule has 0 aliphatic carbocycles. The first-order valence-electron chi connectivity index (χ1n) is 6.98. The zero-order valence-corrected chi connectivity index (χ0v) is 12.5. The minimum Gasteiger partial charge on any atom is -0.378 e. The minimum atomic E-state index is 0.666. The highest BCUT2D eigenvalue weighted by molar-refractivity contribution is 6.30. The molecule has 1 aliphatic heterocycles. The molecule has 1 aromatic carbocycles. The molecule has 1 aliphatic rings. The maximum Gasteiger partial charge on any atom is 0.0642 e. The van der Waals surface area contributed by atoms with Gasteiger partial charge in [0.15, 0.2) is 0 Å². The predicted molar refractivity (Wildman–Crippen MR) is 81.0 cm³/mol. The van der Waals surface area contributed by atoms with Gasteiger partial charge in [-0.1, -0.05) is 31.5 Å². The van der Waals surface area contributed by atoms with Gasteiger partial charge < -0.3 is 15.0 Å². The Hall–Kier alpha value is -0.770. The maximum absolute atomic E-state index is 6.14. The lowest BCUT2D eigenvalue weighted by Crippen LogP contribution is -2.37. The molecule has 2 rings (SSSR count). The van der Waals surface area contributed by atoms with Crippen molar-refractivity contribution in [1.29, 1.82) is 0 Å². The quantitative estimate of drug-likeness (QED) is 0.899. The summed E-state index contributed by atoms with van der Waals surface area (Å²) in [4.78, 5) is 2.36. The molecule has 0 unspecified atom stereocenters. The Balaban J connectivity index is 2.08. The Kier molecular flexibility index (Phi) is 5.49. The van der Waals surface area contributed by atoms with Crippen LogP contribution in [0.5, 0.6) is 0 Å². The largest absolute Gasteiger partial charge is 0.378 e. The molecule has 19 heavy (non-hydrogen) atoms. The number of morpholine rings is 1. The topological polar surface area (TPSA) is 24.5 Å². The average molecular weight is 283 g/mol. The van der Waals surface area contributed by atoms with E-state index in [-0.39, 0.29) is 0 Å². The Labute approximate surface area is 120 Å². The molecule has 1 fully saturated rings. The van der Waals surface area contributed by atoms with Crippen LogP contribution in [0.4, 0.5) is 5.69 Å². The van der Waals surface area contributed by atoms with Crippen molar-refractivity contribution in [3.8, 4) is 0 Å². The normalized spacial score (nSPS) is 16.1. The van der Waals surface area contributed by atoms with Crippen LogP contribution in [0.2, 0.25) is 5.02 Å². The van der Waals surface area contributed by atoms with Crippen LogP contribution in [0.25, 0.3) is 0 Å². The molecule has 0 atom stereocenters. The van der Waals surface area contributed by atoms with Crippen LogP contribution >= 0.6 is 11.6 Å². The summed E-state index contributed by atoms with van der Waals surface area (Å²) in [5.41, 5.74) is 2.55. The minimum absolute atomic E-state index is 0.666. The van der Waals surface area contributed by atoms with E-state index in [2.05, 4.69) is 36.2 Å². The number of anilines is 1. The average Bonchev–Trinajstić information content (AvgIpc) is 2.41. The van der Waals surface area contributed by atoms with Crippen molar-refractivity contribution in [3.63, 3.8) is 0 Å². The van der Waals surface area contributed by atoms with Crippen molar-refractivity contribution in [3.05, 3.63) is 28.8 Å². The van der Waals surface area contributed by atoms with Gasteiger partial charge in [0.1, 0.15) is 0 Å². The fraction of sp³-hybridized carbons (Fsp3) is 0.600. The molecule has 106 valence electrons. The highest BCUT2D eigenvalue weighted by Crippen LogP contribution is 2.25. The van der Waals surface area contributed by atoms with Gasteiger partial charge in [0.25, 0.3) is 0 Å². The van der Waals surface area contributed by atoms with Crippen molar-refractivity contribution >= 4 is 17.3 Å². The Morgan fingerprint density at radius 1 is 1.32 bits per heavy atom. The SMILES string of the molecule is CC(C)CNCc1ccc(Cl)cc1N1CCOCC1. The lowest BCUT2D eigenvalue weighted by atomic mass is 10.1. The first-order valence-corrected chi connectivity index (χ1v) is 7.36. The van der Waals surface area contributed by atoms with Gasteiger partial charge in [-0.05, 0) is 30.2 Å². The number of ether oxygens (including phenoxy) is 1. The third-order valence-corrected chi connectivity index (χ3v) is 3.50. The van der Waals surface area contributed by atoms with E-state index in [4.69, 9.17) is 16.3 Å². The maximum atomic E-state index is 6.14. The van der Waals surface area contributed by atoms with Gasteiger partial charge in [-0.3, -0.25) is 0 Å². The van der Waals surface area contributed by atoms with E-state index in [9.17, 15) is 0 Å². The van der Waals surface area contributed by atoms with Gasteiger partial charge in [-0.15, -0.1) is 0 Å². The van der Waals surface area contributed by atoms with Gasteiger partial charge >= 0.3 is 0 Å². The van der Waals surface area contributed by atoms with E-state index in [1.807, 2.05) is 6.07 Å². The molecule has 1 aromatic rings. The summed E-state index contributed by atoms with van der Waals surface area (Å²) in [6.07, 6.45) is 0. The summed E-state index contributed by atoms with van der Waals surface area (Å²) >= 11 is 6.14. The van der Waals surface area contributed by atoms with Crippen LogP contribution in [0.3, 0.4) is 0 Å². The van der Waals surface area contributed by atoms with Crippen LogP contribution in [-0.2, 0) is 11.3 Å². The fourth-order valence-corrected chi connectivity index (χ4v) is 2.45. The second-order valence-electron chi connectivity index (χ2n) is 5.40. The number of benzene rings is 1. The second-order valence-corrected chi connectivity index (χ2v) is 5.83. The number of hydrogen-bond acceptors (Lipinski definition) is 3. The van der Waals surface area contributed by atoms with Crippen LogP contribution in [0, 0.1) is 5.92 Å². The summed E-state index contributed by atoms with van der Waals surface area (Å²) in [5.74, 6) is 0.666. The molecule has 0 amide bonds. The number of nitrogens with zero attached hydrogens (tertiary/aromatic N) is 1. The van der Waals surface area contributed by atoms with Gasteiger partial charge in [0, 0.05) is 30.3 Å². The molecule has 0 spiro atoms. The Morgan fingerprint density at radius 2 is 2.05 bits per heavy atom. The summed E-state index contributed by atoms with van der Waals surface area (Å²) in [6.45, 7) is 9.84. The van der Waals surface area contributed by atoms with Crippen LogP contribution < -0.4 is 10.2 Å². The van der Waals surface area contributed by atoms with Crippen molar-refractivity contribution < 1.29 is 4.74 Å². The Bertz CT molecular complexity index is 403. The molecule has 0 aromatic heterocycles. The third kappa shape index (κ3) is 4.37. The standard InChI is InChI=1S/C15H23ClN2O/c1-12(2)10-17-11-13-3-4-14(16)9-15(13)18-5-7-19-8-6-18/h3-4,9,12,17H,5-8,10-11H2,1-2H3. The van der Waals surface area contributed by atoms with Crippen molar-refractivity contribution in [2.75, 3.05) is 37.7 Å². The molecule has 0 radical (unpaired) electrons. The number of hydrogen-bond donors (Lipinski definition) is 1. The summed E-state index contributed by atoms with van der Waals surface area (Å²) < 4.78 is 5.41. The molecule has 0 bridgehead atoms. The van der Waals surface area contributed by atoms with Crippen LogP contribution in [-0.4, -0.2) is 32.8 Å². The molecule has 1 heterocycles. The molecular weight excluding hydrogens is 260 g/mol. The van der Waals surface area contributed by atoms with E-state index < -0.39 is 0 Å². The zero-order chi connectivity index (χ0) is 13.7. The summed E-state index contributed by atoms with van der Waals surface area (Å²) in [6, 6.07) is 6.16. The fourth-order valence-electron chi connectivity index (χ4n) is 2.28. The lowest BCUT2D eigenvalue weighted by molar-refractivity contribution is 0.122. The molecule has 0 saturated carbocycles. The van der Waals surface area contributed by atoms with E-state index in [0.717, 1.165) is 44.4 Å². The van der Waals surface area contributed by atoms with Gasteiger partial charge in [-0.25, -0.2) is 0 Å². The number of nitrogens with one attached hydrogen (secondary N) is 1. The number of halogens is 1. The molecule has 1 saturated heterocycles. The molecule has 3 nitrogen and oxygen atoms in total. The van der Waals surface area contributed by atoms with Gasteiger partial charge in [-0.2, -0.15) is 0 Å². The van der Waals surface area contributed by atoms with Gasteiger partial charge in [0.2, 0.25) is 0 Å². The third-order valence-electron chi connectivity index (χ3n) is 3.27. The highest BCUT2D eigenvalue weighted by atomic mass is 35.5. The Morgan fingerprint density at radius 3 is 2.74 bits per heavy atom.